The summed E-state index contributed by atoms with van der Waals surface area (Å²) >= 11 is 0. The van der Waals surface area contributed by atoms with Crippen LogP contribution in [0.5, 0.6) is 5.88 Å². The molecule has 0 amide bonds. The van der Waals surface area contributed by atoms with Crippen molar-refractivity contribution in [2.45, 2.75) is 66.8 Å². The van der Waals surface area contributed by atoms with E-state index in [1.165, 1.54) is 0 Å². The van der Waals surface area contributed by atoms with Crippen LogP contribution in [0.1, 0.15) is 60.2 Å². The molecular weight excluding hydrogens is 250 g/mol. The van der Waals surface area contributed by atoms with Gasteiger partial charge in [0, 0.05) is 11.6 Å². The van der Waals surface area contributed by atoms with Crippen LogP contribution in [0.25, 0.3) is 0 Å². The number of ether oxygens (including phenoxy) is 1. The van der Waals surface area contributed by atoms with Gasteiger partial charge in [-0.2, -0.15) is 4.98 Å². The Labute approximate surface area is 123 Å². The van der Waals surface area contributed by atoms with Crippen molar-refractivity contribution in [1.82, 2.24) is 9.97 Å². The molecule has 0 atom stereocenters. The number of hydrogen-bond donors (Lipinski definition) is 1. The first-order valence-corrected chi connectivity index (χ1v) is 7.38. The van der Waals surface area contributed by atoms with Gasteiger partial charge in [-0.3, -0.25) is 0 Å². The predicted molar refractivity (Wildman–Crippen MR) is 84.3 cm³/mol. The van der Waals surface area contributed by atoms with Crippen molar-refractivity contribution in [3.8, 4) is 5.88 Å². The van der Waals surface area contributed by atoms with Crippen molar-refractivity contribution in [2.75, 3.05) is 11.9 Å². The smallest absolute Gasteiger partial charge is 0.218 e. The first kappa shape index (κ1) is 16.7. The van der Waals surface area contributed by atoms with Crippen LogP contribution in [0.15, 0.2) is 6.07 Å². The standard InChI is InChI=1S/C16H29N3O/c1-8-9-20-14-10-13(17-12(2)18-14)19-16(6,7)11-15(3,4)5/h10H,8-9,11H2,1-7H3,(H,17,18,19). The van der Waals surface area contributed by atoms with Crippen molar-refractivity contribution < 1.29 is 4.74 Å². The summed E-state index contributed by atoms with van der Waals surface area (Å²) in [6.07, 6.45) is 2.02. The molecule has 1 N–H and O–H groups in total. The van der Waals surface area contributed by atoms with Crippen molar-refractivity contribution in [3.63, 3.8) is 0 Å². The Bertz CT molecular complexity index is 436. The van der Waals surface area contributed by atoms with Gasteiger partial charge in [0.1, 0.15) is 11.6 Å². The maximum Gasteiger partial charge on any atom is 0.218 e. The minimum atomic E-state index is -0.0267. The summed E-state index contributed by atoms with van der Waals surface area (Å²) in [5.74, 6) is 2.21. The number of anilines is 1. The van der Waals surface area contributed by atoms with E-state index in [0.29, 0.717) is 12.5 Å². The summed E-state index contributed by atoms with van der Waals surface area (Å²) < 4.78 is 5.60. The number of hydrogen-bond acceptors (Lipinski definition) is 4. The molecule has 0 spiro atoms. The van der Waals surface area contributed by atoms with Crippen molar-refractivity contribution >= 4 is 5.82 Å². The highest BCUT2D eigenvalue weighted by molar-refractivity contribution is 5.40. The van der Waals surface area contributed by atoms with Gasteiger partial charge >= 0.3 is 0 Å². The summed E-state index contributed by atoms with van der Waals surface area (Å²) in [6, 6.07) is 1.88. The highest BCUT2D eigenvalue weighted by atomic mass is 16.5. The van der Waals surface area contributed by atoms with Crippen LogP contribution in [0.2, 0.25) is 0 Å². The van der Waals surface area contributed by atoms with Crippen LogP contribution < -0.4 is 10.1 Å². The normalized spacial score (nSPS) is 12.3. The molecule has 0 aliphatic carbocycles. The molecule has 114 valence electrons. The van der Waals surface area contributed by atoms with Gasteiger partial charge in [0.05, 0.1) is 6.61 Å². The Hall–Kier alpha value is -1.32. The summed E-state index contributed by atoms with van der Waals surface area (Å²) in [6.45, 7) is 15.8. The molecule has 4 nitrogen and oxygen atoms in total. The van der Waals surface area contributed by atoms with E-state index in [0.717, 1.165) is 24.5 Å². The Morgan fingerprint density at radius 1 is 1.15 bits per heavy atom. The van der Waals surface area contributed by atoms with Crippen LogP contribution >= 0.6 is 0 Å². The summed E-state index contributed by atoms with van der Waals surface area (Å²) in [7, 11) is 0. The van der Waals surface area contributed by atoms with E-state index in [1.54, 1.807) is 0 Å². The molecule has 0 unspecified atom stereocenters. The minimum absolute atomic E-state index is 0.0267. The Balaban J connectivity index is 2.83. The fourth-order valence-corrected chi connectivity index (χ4v) is 2.60. The van der Waals surface area contributed by atoms with Gasteiger partial charge in [-0.05, 0) is 39.0 Å². The van der Waals surface area contributed by atoms with Gasteiger partial charge in [0.2, 0.25) is 5.88 Å². The second-order valence-electron chi connectivity index (χ2n) is 7.23. The van der Waals surface area contributed by atoms with Crippen molar-refractivity contribution in [1.29, 1.82) is 0 Å². The molecule has 1 rings (SSSR count). The molecule has 0 saturated heterocycles. The van der Waals surface area contributed by atoms with E-state index in [4.69, 9.17) is 4.74 Å². The predicted octanol–water partition coefficient (Wildman–Crippen LogP) is 4.20. The van der Waals surface area contributed by atoms with E-state index in [-0.39, 0.29) is 11.0 Å². The molecule has 1 aromatic heterocycles. The lowest BCUT2D eigenvalue weighted by Gasteiger charge is -2.33. The minimum Gasteiger partial charge on any atom is -0.478 e. The van der Waals surface area contributed by atoms with Crippen molar-refractivity contribution in [2.24, 2.45) is 5.41 Å². The molecule has 0 fully saturated rings. The average Bonchev–Trinajstić information content (AvgIpc) is 2.21. The summed E-state index contributed by atoms with van der Waals surface area (Å²) in [4.78, 5) is 8.76. The Morgan fingerprint density at radius 2 is 1.80 bits per heavy atom. The molecule has 4 heteroatoms. The maximum atomic E-state index is 5.60. The number of aryl methyl sites for hydroxylation is 1. The van der Waals surface area contributed by atoms with Crippen LogP contribution in [0.3, 0.4) is 0 Å². The lowest BCUT2D eigenvalue weighted by atomic mass is 9.82. The number of rotatable bonds is 6. The monoisotopic (exact) mass is 279 g/mol. The zero-order valence-electron chi connectivity index (χ0n) is 14.0. The third kappa shape index (κ3) is 6.22. The van der Waals surface area contributed by atoms with E-state index in [9.17, 15) is 0 Å². The Morgan fingerprint density at radius 3 is 2.35 bits per heavy atom. The van der Waals surface area contributed by atoms with Gasteiger partial charge < -0.3 is 10.1 Å². The van der Waals surface area contributed by atoms with Gasteiger partial charge in [-0.25, -0.2) is 4.98 Å². The molecule has 0 saturated carbocycles. The third-order valence-corrected chi connectivity index (χ3v) is 2.71. The lowest BCUT2D eigenvalue weighted by molar-refractivity contribution is 0.299. The number of nitrogens with one attached hydrogen (secondary N) is 1. The van der Waals surface area contributed by atoms with Crippen LogP contribution in [0, 0.1) is 12.3 Å². The third-order valence-electron chi connectivity index (χ3n) is 2.71. The van der Waals surface area contributed by atoms with E-state index in [1.807, 2.05) is 13.0 Å². The van der Waals surface area contributed by atoms with Gasteiger partial charge in [0.25, 0.3) is 0 Å². The number of aromatic nitrogens is 2. The van der Waals surface area contributed by atoms with Crippen molar-refractivity contribution in [3.05, 3.63) is 11.9 Å². The average molecular weight is 279 g/mol. The highest BCUT2D eigenvalue weighted by Crippen LogP contribution is 2.29. The van der Waals surface area contributed by atoms with E-state index < -0.39 is 0 Å². The quantitative estimate of drug-likeness (QED) is 0.847. The maximum absolute atomic E-state index is 5.60. The summed E-state index contributed by atoms with van der Waals surface area (Å²) in [5, 5.41) is 3.50. The SMILES string of the molecule is CCCOc1cc(NC(C)(C)CC(C)(C)C)nc(C)n1. The van der Waals surface area contributed by atoms with E-state index >= 15 is 0 Å². The van der Waals surface area contributed by atoms with Gasteiger partial charge in [0.15, 0.2) is 0 Å². The van der Waals surface area contributed by atoms with Crippen LogP contribution in [0.4, 0.5) is 5.82 Å². The first-order chi connectivity index (χ1) is 9.11. The van der Waals surface area contributed by atoms with Gasteiger partial charge in [-0.15, -0.1) is 0 Å². The summed E-state index contributed by atoms with van der Waals surface area (Å²) in [5.41, 5.74) is 0.237. The lowest BCUT2D eigenvalue weighted by Crippen LogP contribution is -2.35. The zero-order valence-corrected chi connectivity index (χ0v) is 14.0. The van der Waals surface area contributed by atoms with Gasteiger partial charge in [-0.1, -0.05) is 27.7 Å². The second kappa shape index (κ2) is 6.42. The molecule has 0 aliphatic rings. The molecule has 0 aliphatic heterocycles. The Kier molecular flexibility index (Phi) is 5.37. The molecule has 0 radical (unpaired) electrons. The van der Waals surface area contributed by atoms with Crippen LogP contribution in [-0.2, 0) is 0 Å². The fraction of sp³-hybridized carbons (Fsp3) is 0.750. The molecule has 1 aromatic rings. The highest BCUT2D eigenvalue weighted by Gasteiger charge is 2.25. The first-order valence-electron chi connectivity index (χ1n) is 7.38. The zero-order chi connectivity index (χ0) is 15.4. The topological polar surface area (TPSA) is 47.0 Å². The second-order valence-corrected chi connectivity index (χ2v) is 7.23. The molecule has 1 heterocycles. The van der Waals surface area contributed by atoms with Crippen LogP contribution in [-0.4, -0.2) is 22.1 Å². The largest absolute Gasteiger partial charge is 0.478 e. The molecule has 0 aromatic carbocycles. The molecular formula is C16H29N3O. The molecule has 20 heavy (non-hydrogen) atoms. The van der Waals surface area contributed by atoms with E-state index in [2.05, 4.69) is 56.8 Å². The fourth-order valence-electron chi connectivity index (χ4n) is 2.60. The number of nitrogens with zero attached hydrogens (tertiary/aromatic N) is 2. The molecule has 0 bridgehead atoms.